The Kier molecular flexibility index (Phi) is 2.69. The third-order valence-electron chi connectivity index (χ3n) is 2.48. The molecule has 0 spiro atoms. The van der Waals surface area contributed by atoms with E-state index in [0.717, 1.165) is 30.5 Å². The molecule has 78 valence electrons. The number of hydrogen-bond acceptors (Lipinski definition) is 5. The molecule has 0 aromatic carbocycles. The van der Waals surface area contributed by atoms with Gasteiger partial charge in [0.15, 0.2) is 0 Å². The van der Waals surface area contributed by atoms with Crippen molar-refractivity contribution in [3.63, 3.8) is 0 Å². The summed E-state index contributed by atoms with van der Waals surface area (Å²) in [4.78, 5) is 6.63. The molecule has 0 saturated carbocycles. The van der Waals surface area contributed by atoms with Gasteiger partial charge in [0.2, 0.25) is 5.13 Å². The Balaban J connectivity index is 2.10. The van der Waals surface area contributed by atoms with E-state index >= 15 is 0 Å². The highest BCUT2D eigenvalue weighted by Gasteiger charge is 2.24. The SMILES string of the molecule is Cc1nsc(N2CC(C)CC(N)C2)n1. The van der Waals surface area contributed by atoms with E-state index in [-0.39, 0.29) is 6.04 Å². The van der Waals surface area contributed by atoms with Crippen LogP contribution in [-0.4, -0.2) is 28.5 Å². The van der Waals surface area contributed by atoms with Crippen LogP contribution in [0.5, 0.6) is 0 Å². The molecule has 0 bridgehead atoms. The van der Waals surface area contributed by atoms with Crippen molar-refractivity contribution in [1.82, 2.24) is 9.36 Å². The van der Waals surface area contributed by atoms with Gasteiger partial charge in [0, 0.05) is 30.7 Å². The average Bonchev–Trinajstić information content (AvgIpc) is 2.50. The first kappa shape index (κ1) is 9.86. The van der Waals surface area contributed by atoms with Gasteiger partial charge in [-0.3, -0.25) is 0 Å². The van der Waals surface area contributed by atoms with E-state index < -0.39 is 0 Å². The summed E-state index contributed by atoms with van der Waals surface area (Å²) in [6.45, 7) is 6.13. The summed E-state index contributed by atoms with van der Waals surface area (Å²) < 4.78 is 4.19. The molecule has 1 fully saturated rings. The number of nitrogens with two attached hydrogens (primary N) is 1. The van der Waals surface area contributed by atoms with E-state index in [0.29, 0.717) is 5.92 Å². The van der Waals surface area contributed by atoms with Gasteiger partial charge < -0.3 is 10.6 Å². The van der Waals surface area contributed by atoms with E-state index in [9.17, 15) is 0 Å². The molecule has 0 aliphatic carbocycles. The number of aromatic nitrogens is 2. The zero-order chi connectivity index (χ0) is 10.1. The predicted molar refractivity (Wildman–Crippen MR) is 58.6 cm³/mol. The number of nitrogens with zero attached hydrogens (tertiary/aromatic N) is 3. The van der Waals surface area contributed by atoms with Crippen molar-refractivity contribution < 1.29 is 0 Å². The molecule has 0 amide bonds. The second-order valence-electron chi connectivity index (χ2n) is 4.13. The average molecular weight is 212 g/mol. The van der Waals surface area contributed by atoms with Crippen molar-refractivity contribution in [3.05, 3.63) is 5.82 Å². The van der Waals surface area contributed by atoms with E-state index in [1.165, 1.54) is 11.5 Å². The van der Waals surface area contributed by atoms with Gasteiger partial charge in [-0.25, -0.2) is 4.98 Å². The zero-order valence-electron chi connectivity index (χ0n) is 8.60. The summed E-state index contributed by atoms with van der Waals surface area (Å²) in [6.07, 6.45) is 1.12. The largest absolute Gasteiger partial charge is 0.345 e. The van der Waals surface area contributed by atoms with Crippen molar-refractivity contribution in [1.29, 1.82) is 0 Å². The third kappa shape index (κ3) is 2.04. The maximum absolute atomic E-state index is 5.97. The molecule has 2 N–H and O–H groups in total. The maximum atomic E-state index is 5.97. The normalized spacial score (nSPS) is 28.1. The minimum Gasteiger partial charge on any atom is -0.345 e. The first-order valence-corrected chi connectivity index (χ1v) is 5.73. The Hall–Kier alpha value is -0.680. The molecule has 1 aliphatic heterocycles. The van der Waals surface area contributed by atoms with Crippen LogP contribution < -0.4 is 10.6 Å². The lowest BCUT2D eigenvalue weighted by atomic mass is 9.97. The van der Waals surface area contributed by atoms with Crippen molar-refractivity contribution in [2.75, 3.05) is 18.0 Å². The highest BCUT2D eigenvalue weighted by Crippen LogP contribution is 2.23. The van der Waals surface area contributed by atoms with Gasteiger partial charge >= 0.3 is 0 Å². The van der Waals surface area contributed by atoms with Gasteiger partial charge in [0.25, 0.3) is 0 Å². The Morgan fingerprint density at radius 2 is 2.29 bits per heavy atom. The summed E-state index contributed by atoms with van der Waals surface area (Å²) >= 11 is 1.47. The lowest BCUT2D eigenvalue weighted by Crippen LogP contribution is -2.46. The lowest BCUT2D eigenvalue weighted by molar-refractivity contribution is 0.401. The van der Waals surface area contributed by atoms with Crippen LogP contribution in [0.4, 0.5) is 5.13 Å². The van der Waals surface area contributed by atoms with Crippen LogP contribution in [0.3, 0.4) is 0 Å². The van der Waals surface area contributed by atoms with Crippen molar-refractivity contribution >= 4 is 16.7 Å². The molecule has 1 aromatic heterocycles. The van der Waals surface area contributed by atoms with E-state index in [2.05, 4.69) is 21.2 Å². The molecule has 2 heterocycles. The minimum absolute atomic E-state index is 0.281. The van der Waals surface area contributed by atoms with Crippen LogP contribution in [-0.2, 0) is 0 Å². The minimum atomic E-state index is 0.281. The monoisotopic (exact) mass is 212 g/mol. The number of hydrogen-bond donors (Lipinski definition) is 1. The fourth-order valence-electron chi connectivity index (χ4n) is 1.97. The van der Waals surface area contributed by atoms with Gasteiger partial charge in [-0.2, -0.15) is 4.37 Å². The second kappa shape index (κ2) is 3.82. The molecule has 2 rings (SSSR count). The quantitative estimate of drug-likeness (QED) is 0.755. The molecule has 5 heteroatoms. The highest BCUT2D eigenvalue weighted by atomic mass is 32.1. The van der Waals surface area contributed by atoms with Gasteiger partial charge in [-0.15, -0.1) is 0 Å². The number of rotatable bonds is 1. The van der Waals surface area contributed by atoms with Gasteiger partial charge in [-0.1, -0.05) is 6.92 Å². The van der Waals surface area contributed by atoms with Crippen LogP contribution in [0, 0.1) is 12.8 Å². The standard InChI is InChI=1S/C9H16N4S/c1-6-3-8(10)5-13(4-6)9-11-7(2)12-14-9/h6,8H,3-5,10H2,1-2H3. The van der Waals surface area contributed by atoms with E-state index in [4.69, 9.17) is 5.73 Å². The molecule has 2 unspecified atom stereocenters. The Labute approximate surface area is 88.3 Å². The van der Waals surface area contributed by atoms with Crippen LogP contribution in [0.1, 0.15) is 19.2 Å². The molecule has 14 heavy (non-hydrogen) atoms. The molecule has 1 aromatic rings. The molecular weight excluding hydrogens is 196 g/mol. The second-order valence-corrected chi connectivity index (χ2v) is 4.86. The van der Waals surface area contributed by atoms with Gasteiger partial charge in [-0.05, 0) is 19.3 Å². The van der Waals surface area contributed by atoms with Crippen LogP contribution in [0.2, 0.25) is 0 Å². The number of anilines is 1. The summed E-state index contributed by atoms with van der Waals surface area (Å²) in [5, 5.41) is 1.02. The molecule has 1 saturated heterocycles. The molecule has 1 aliphatic rings. The summed E-state index contributed by atoms with van der Waals surface area (Å²) in [7, 11) is 0. The summed E-state index contributed by atoms with van der Waals surface area (Å²) in [5.41, 5.74) is 5.97. The summed E-state index contributed by atoms with van der Waals surface area (Å²) in [5.74, 6) is 1.51. The third-order valence-corrected chi connectivity index (χ3v) is 3.35. The zero-order valence-corrected chi connectivity index (χ0v) is 9.42. The van der Waals surface area contributed by atoms with E-state index in [1.807, 2.05) is 6.92 Å². The molecule has 0 radical (unpaired) electrons. The van der Waals surface area contributed by atoms with Crippen LogP contribution in [0.25, 0.3) is 0 Å². The molecule has 4 nitrogen and oxygen atoms in total. The van der Waals surface area contributed by atoms with E-state index in [1.54, 1.807) is 0 Å². The Bertz CT molecular complexity index is 302. The number of piperidine rings is 1. The predicted octanol–water partition coefficient (Wildman–Crippen LogP) is 1.02. The van der Waals surface area contributed by atoms with Crippen molar-refractivity contribution in [3.8, 4) is 0 Å². The first-order valence-electron chi connectivity index (χ1n) is 4.96. The highest BCUT2D eigenvalue weighted by molar-refractivity contribution is 7.09. The van der Waals surface area contributed by atoms with Gasteiger partial charge in [0.05, 0.1) is 0 Å². The fourth-order valence-corrected chi connectivity index (χ4v) is 2.66. The Morgan fingerprint density at radius 3 is 2.86 bits per heavy atom. The van der Waals surface area contributed by atoms with Crippen molar-refractivity contribution in [2.45, 2.75) is 26.3 Å². The molecular formula is C9H16N4S. The fraction of sp³-hybridized carbons (Fsp3) is 0.778. The summed E-state index contributed by atoms with van der Waals surface area (Å²) in [6, 6.07) is 0.281. The van der Waals surface area contributed by atoms with Crippen LogP contribution >= 0.6 is 11.5 Å². The van der Waals surface area contributed by atoms with Crippen LogP contribution in [0.15, 0.2) is 0 Å². The smallest absolute Gasteiger partial charge is 0.205 e. The first-order chi connectivity index (χ1) is 6.65. The Morgan fingerprint density at radius 1 is 1.50 bits per heavy atom. The lowest BCUT2D eigenvalue weighted by Gasteiger charge is -2.34. The topological polar surface area (TPSA) is 55.0 Å². The molecule has 2 atom stereocenters. The maximum Gasteiger partial charge on any atom is 0.205 e. The number of aryl methyl sites for hydroxylation is 1. The van der Waals surface area contributed by atoms with Crippen molar-refractivity contribution in [2.24, 2.45) is 11.7 Å². The van der Waals surface area contributed by atoms with Gasteiger partial charge in [0.1, 0.15) is 5.82 Å².